The highest BCUT2D eigenvalue weighted by molar-refractivity contribution is 6.08. The van der Waals surface area contributed by atoms with Crippen molar-refractivity contribution in [3.05, 3.63) is 194 Å². The van der Waals surface area contributed by atoms with Gasteiger partial charge in [0.2, 0.25) is 0 Å². The Bertz CT molecular complexity index is 2050. The van der Waals surface area contributed by atoms with Crippen molar-refractivity contribution in [2.45, 2.75) is 6.92 Å². The lowest BCUT2D eigenvalue weighted by Gasteiger charge is -2.26. The Kier molecular flexibility index (Phi) is 9.03. The first kappa shape index (κ1) is 30.8. The van der Waals surface area contributed by atoms with E-state index in [-0.39, 0.29) is 11.6 Å². The van der Waals surface area contributed by atoms with Crippen LogP contribution in [0.1, 0.15) is 27.6 Å². The summed E-state index contributed by atoms with van der Waals surface area (Å²) in [5.41, 5.74) is 9.55. The van der Waals surface area contributed by atoms with Crippen LogP contribution < -0.4 is 9.80 Å². The maximum Gasteiger partial charge on any atom is 0.188 e. The summed E-state index contributed by atoms with van der Waals surface area (Å²) in [5.74, 6) is -0.181. The number of rotatable bonds is 11. The van der Waals surface area contributed by atoms with Crippen molar-refractivity contribution >= 4 is 45.7 Å². The summed E-state index contributed by atoms with van der Waals surface area (Å²) in [6.07, 6.45) is 1.34. The van der Waals surface area contributed by atoms with Crippen molar-refractivity contribution in [1.82, 2.24) is 0 Å². The van der Waals surface area contributed by atoms with E-state index in [4.69, 9.17) is 0 Å². The van der Waals surface area contributed by atoms with Crippen molar-refractivity contribution in [3.63, 3.8) is 0 Å². The first-order valence-corrected chi connectivity index (χ1v) is 15.4. The Labute approximate surface area is 276 Å². The number of hydrogen-bond acceptors (Lipinski definition) is 4. The van der Waals surface area contributed by atoms with Crippen LogP contribution in [0.15, 0.2) is 183 Å². The van der Waals surface area contributed by atoms with Gasteiger partial charge in [-0.05, 0) is 102 Å². The third-order valence-electron chi connectivity index (χ3n) is 7.94. The number of anilines is 6. The van der Waals surface area contributed by atoms with Gasteiger partial charge in [-0.15, -0.1) is 0 Å². The minimum Gasteiger partial charge on any atom is -0.310 e. The molecule has 47 heavy (non-hydrogen) atoms. The molecular weight excluding hydrogens is 576 g/mol. The molecule has 0 aliphatic carbocycles. The molecule has 0 amide bonds. The van der Waals surface area contributed by atoms with Crippen LogP contribution in [-0.2, 0) is 0 Å². The SMILES string of the molecule is C=CC(=O)c1cccc(N(c2ccccc2)c2ccc(-c3ccc(N(c4ccccc4)c4cccc(C(=O)C(=C)C)c4)cc3)cc2)c1. The number of para-hydroxylation sites is 2. The summed E-state index contributed by atoms with van der Waals surface area (Å²) < 4.78 is 0. The number of carbonyl (C=O) groups excluding carboxylic acids is 2. The van der Waals surface area contributed by atoms with Crippen molar-refractivity contribution < 1.29 is 9.59 Å². The van der Waals surface area contributed by atoms with E-state index in [0.29, 0.717) is 16.7 Å². The fraction of sp³-hybridized carbons (Fsp3) is 0.0233. The van der Waals surface area contributed by atoms with E-state index in [2.05, 4.69) is 95.8 Å². The Balaban J connectivity index is 1.33. The van der Waals surface area contributed by atoms with Crippen LogP contribution in [0, 0.1) is 0 Å². The van der Waals surface area contributed by atoms with Crippen LogP contribution in [0.5, 0.6) is 0 Å². The summed E-state index contributed by atoms with van der Waals surface area (Å²) in [4.78, 5) is 29.4. The van der Waals surface area contributed by atoms with Gasteiger partial charge in [0.25, 0.3) is 0 Å². The zero-order chi connectivity index (χ0) is 32.8. The second kappa shape index (κ2) is 13.8. The lowest BCUT2D eigenvalue weighted by Crippen LogP contribution is -2.11. The van der Waals surface area contributed by atoms with Crippen LogP contribution in [-0.4, -0.2) is 11.6 Å². The van der Waals surface area contributed by atoms with Crippen molar-refractivity contribution in [1.29, 1.82) is 0 Å². The number of nitrogens with zero attached hydrogens (tertiary/aromatic N) is 2. The van der Waals surface area contributed by atoms with Crippen molar-refractivity contribution in [2.75, 3.05) is 9.80 Å². The highest BCUT2D eigenvalue weighted by Gasteiger charge is 2.17. The monoisotopic (exact) mass is 610 g/mol. The molecule has 6 rings (SSSR count). The van der Waals surface area contributed by atoms with Crippen molar-refractivity contribution in [2.24, 2.45) is 0 Å². The van der Waals surface area contributed by atoms with E-state index in [0.717, 1.165) is 45.3 Å². The predicted molar refractivity (Wildman–Crippen MR) is 195 cm³/mol. The molecule has 0 bridgehead atoms. The molecular formula is C43H34N2O2. The van der Waals surface area contributed by atoms with E-state index < -0.39 is 0 Å². The quantitative estimate of drug-likeness (QED) is 0.108. The van der Waals surface area contributed by atoms with Gasteiger partial charge in [0, 0.05) is 45.3 Å². The van der Waals surface area contributed by atoms with Crippen LogP contribution in [0.3, 0.4) is 0 Å². The number of Topliss-reactive ketones (excluding diaryl/α,β-unsaturated/α-hetero) is 1. The average Bonchev–Trinajstić information content (AvgIpc) is 3.13. The Morgan fingerprint density at radius 1 is 0.489 bits per heavy atom. The number of hydrogen-bond donors (Lipinski definition) is 0. The van der Waals surface area contributed by atoms with Gasteiger partial charge in [-0.25, -0.2) is 0 Å². The molecule has 0 fully saturated rings. The lowest BCUT2D eigenvalue weighted by atomic mass is 10.0. The summed E-state index contributed by atoms with van der Waals surface area (Å²) in [6, 6.07) is 52.3. The first-order chi connectivity index (χ1) is 22.9. The molecule has 0 aliphatic heterocycles. The van der Waals surface area contributed by atoms with Gasteiger partial charge in [-0.3, -0.25) is 9.59 Å². The number of allylic oxidation sites excluding steroid dienone is 2. The van der Waals surface area contributed by atoms with E-state index in [1.807, 2.05) is 78.9 Å². The number of benzene rings is 6. The first-order valence-electron chi connectivity index (χ1n) is 15.4. The Hall–Kier alpha value is -6.26. The highest BCUT2D eigenvalue weighted by atomic mass is 16.1. The van der Waals surface area contributed by atoms with Gasteiger partial charge in [0.1, 0.15) is 0 Å². The molecule has 228 valence electrons. The van der Waals surface area contributed by atoms with Gasteiger partial charge in [-0.1, -0.05) is 98.1 Å². The van der Waals surface area contributed by atoms with Crippen LogP contribution in [0.25, 0.3) is 11.1 Å². The maximum absolute atomic E-state index is 12.7. The van der Waals surface area contributed by atoms with E-state index in [1.165, 1.54) is 6.08 Å². The van der Waals surface area contributed by atoms with E-state index in [9.17, 15) is 9.59 Å². The smallest absolute Gasteiger partial charge is 0.188 e. The zero-order valence-corrected chi connectivity index (χ0v) is 26.2. The molecule has 4 heteroatoms. The molecule has 0 aliphatic rings. The van der Waals surface area contributed by atoms with E-state index in [1.54, 1.807) is 13.0 Å². The lowest BCUT2D eigenvalue weighted by molar-refractivity contribution is 0.103. The average molecular weight is 611 g/mol. The third-order valence-corrected chi connectivity index (χ3v) is 7.94. The summed E-state index contributed by atoms with van der Waals surface area (Å²) >= 11 is 0. The molecule has 6 aromatic rings. The molecule has 6 aromatic carbocycles. The molecule has 0 saturated heterocycles. The standard InChI is InChI=1S/C43H34N2O2/c1-4-42(46)34-13-11-19-40(29-34)44(36-15-7-5-8-16-36)38-25-21-32(22-26-38)33-23-27-39(28-24-33)45(37-17-9-6-10-18-37)41-20-12-14-35(30-41)43(47)31(2)3/h4-30H,1-2H2,3H3. The molecule has 0 N–H and O–H groups in total. The Morgan fingerprint density at radius 3 is 1.30 bits per heavy atom. The Morgan fingerprint density at radius 2 is 0.872 bits per heavy atom. The minimum atomic E-state index is -0.113. The predicted octanol–water partition coefficient (Wildman–Crippen LogP) is 11.4. The molecule has 0 unspecified atom stereocenters. The number of ketones is 2. The topological polar surface area (TPSA) is 40.6 Å². The van der Waals surface area contributed by atoms with Crippen LogP contribution in [0.2, 0.25) is 0 Å². The van der Waals surface area contributed by atoms with Gasteiger partial charge < -0.3 is 9.80 Å². The normalized spacial score (nSPS) is 10.6. The van der Waals surface area contributed by atoms with Gasteiger partial charge in [-0.2, -0.15) is 0 Å². The van der Waals surface area contributed by atoms with Crippen molar-refractivity contribution in [3.8, 4) is 11.1 Å². The van der Waals surface area contributed by atoms with Crippen LogP contribution >= 0.6 is 0 Å². The largest absolute Gasteiger partial charge is 0.310 e. The molecule has 0 aromatic heterocycles. The third kappa shape index (κ3) is 6.73. The fourth-order valence-corrected chi connectivity index (χ4v) is 5.60. The molecule has 0 heterocycles. The molecule has 0 radical (unpaired) electrons. The zero-order valence-electron chi connectivity index (χ0n) is 26.2. The summed E-state index contributed by atoms with van der Waals surface area (Å²) in [6.45, 7) is 9.22. The highest BCUT2D eigenvalue weighted by Crippen LogP contribution is 2.38. The van der Waals surface area contributed by atoms with Gasteiger partial charge in [0.15, 0.2) is 11.6 Å². The molecule has 0 spiro atoms. The number of carbonyl (C=O) groups is 2. The van der Waals surface area contributed by atoms with Gasteiger partial charge in [0.05, 0.1) is 0 Å². The maximum atomic E-state index is 12.7. The summed E-state index contributed by atoms with van der Waals surface area (Å²) in [7, 11) is 0. The summed E-state index contributed by atoms with van der Waals surface area (Å²) in [5, 5.41) is 0. The fourth-order valence-electron chi connectivity index (χ4n) is 5.60. The molecule has 0 saturated carbocycles. The minimum absolute atomic E-state index is 0.0672. The van der Waals surface area contributed by atoms with Gasteiger partial charge >= 0.3 is 0 Å². The molecule has 4 nitrogen and oxygen atoms in total. The molecule has 0 atom stereocenters. The van der Waals surface area contributed by atoms with E-state index >= 15 is 0 Å². The van der Waals surface area contributed by atoms with Crippen LogP contribution in [0.4, 0.5) is 34.1 Å². The second-order valence-electron chi connectivity index (χ2n) is 11.2. The second-order valence-corrected chi connectivity index (χ2v) is 11.2.